The number of fused-ring (bicyclic) bond motifs is 3. The molecule has 12 nitrogen and oxygen atoms in total. The number of halogens is 9. The summed E-state index contributed by atoms with van der Waals surface area (Å²) in [6.07, 6.45) is -11.3. The van der Waals surface area contributed by atoms with Gasteiger partial charge < -0.3 is 25.5 Å². The van der Waals surface area contributed by atoms with E-state index in [-0.39, 0.29) is 34.7 Å². The Labute approximate surface area is 255 Å². The number of nitrogens with zero attached hydrogens (tertiary/aromatic N) is 6. The van der Waals surface area contributed by atoms with Crippen molar-refractivity contribution in [2.75, 3.05) is 31.6 Å². The van der Waals surface area contributed by atoms with Crippen LogP contribution in [-0.2, 0) is 21.2 Å². The van der Waals surface area contributed by atoms with Crippen molar-refractivity contribution in [3.05, 3.63) is 46.4 Å². The van der Waals surface area contributed by atoms with Gasteiger partial charge in [-0.25, -0.2) is 23.3 Å². The maximum atomic E-state index is 14.4. The Morgan fingerprint density at radius 3 is 2.24 bits per heavy atom. The molecule has 0 aliphatic carbocycles. The van der Waals surface area contributed by atoms with Crippen molar-refractivity contribution in [1.29, 1.82) is 0 Å². The van der Waals surface area contributed by atoms with Crippen LogP contribution in [0.3, 0.4) is 0 Å². The largest absolute Gasteiger partial charge is 0.473 e. The van der Waals surface area contributed by atoms with Crippen molar-refractivity contribution in [1.82, 2.24) is 24.9 Å². The van der Waals surface area contributed by atoms with Crippen LogP contribution in [0.2, 0.25) is 0 Å². The third-order valence-electron chi connectivity index (χ3n) is 6.29. The molecular formula is C25H29F9N8O4. The first-order valence-electron chi connectivity index (χ1n) is 12.8. The Bertz CT molecular complexity index is 1430. The van der Waals surface area contributed by atoms with Gasteiger partial charge in [0.15, 0.2) is 17.6 Å². The van der Waals surface area contributed by atoms with Crippen molar-refractivity contribution in [3.8, 4) is 5.88 Å². The van der Waals surface area contributed by atoms with Gasteiger partial charge in [-0.15, -0.1) is 4.91 Å². The predicted molar refractivity (Wildman–Crippen MR) is 145 cm³/mol. The van der Waals surface area contributed by atoms with Gasteiger partial charge in [0.1, 0.15) is 23.7 Å². The number of aldehydes is 1. The fourth-order valence-electron chi connectivity index (χ4n) is 4.44. The summed E-state index contributed by atoms with van der Waals surface area (Å²) in [4.78, 5) is 33.6. The molecule has 0 spiro atoms. The van der Waals surface area contributed by atoms with Gasteiger partial charge in [0, 0.05) is 30.9 Å². The van der Waals surface area contributed by atoms with Gasteiger partial charge in [0.05, 0.1) is 23.3 Å². The number of alkyl halides is 8. The maximum absolute atomic E-state index is 14.4. The zero-order valence-electron chi connectivity index (χ0n) is 24.4. The number of nitrogens with two attached hydrogens (primary N) is 1. The second-order valence-corrected chi connectivity index (χ2v) is 9.28. The quantitative estimate of drug-likeness (QED) is 0.227. The van der Waals surface area contributed by atoms with Gasteiger partial charge in [-0.3, -0.25) is 4.79 Å². The Kier molecular flexibility index (Phi) is 14.5. The normalized spacial score (nSPS) is 18.5. The minimum absolute atomic E-state index is 0.0169. The Morgan fingerprint density at radius 2 is 1.76 bits per heavy atom. The van der Waals surface area contributed by atoms with Crippen molar-refractivity contribution < 1.29 is 53.9 Å². The lowest BCUT2D eigenvalue weighted by molar-refractivity contribution is -0.181. The van der Waals surface area contributed by atoms with Crippen LogP contribution < -0.4 is 20.7 Å². The molecule has 0 aromatic carbocycles. The molecule has 3 N–H and O–H groups in total. The van der Waals surface area contributed by atoms with Crippen molar-refractivity contribution in [3.63, 3.8) is 0 Å². The van der Waals surface area contributed by atoms with Crippen LogP contribution in [0.1, 0.15) is 30.4 Å². The maximum Gasteiger partial charge on any atom is 0.433 e. The van der Waals surface area contributed by atoms with Gasteiger partial charge in [0.25, 0.3) is 6.43 Å². The zero-order chi connectivity index (χ0) is 35.5. The minimum atomic E-state index is -4.82. The van der Waals surface area contributed by atoms with Gasteiger partial charge in [0.2, 0.25) is 5.88 Å². The average molecular weight is 677 g/mol. The summed E-state index contributed by atoms with van der Waals surface area (Å²) in [7, 11) is 1.50. The molecule has 0 radical (unpaired) electrons. The van der Waals surface area contributed by atoms with E-state index in [0.717, 1.165) is 22.9 Å². The predicted octanol–water partition coefficient (Wildman–Crippen LogP) is 4.64. The molecule has 2 aliphatic rings. The van der Waals surface area contributed by atoms with E-state index >= 15 is 0 Å². The number of carbonyl (C=O) groups excluding carboxylic acids is 2. The van der Waals surface area contributed by atoms with E-state index in [1.54, 1.807) is 6.92 Å². The summed E-state index contributed by atoms with van der Waals surface area (Å²) in [5.74, 6) is -0.301. The number of aryl methyl sites for hydroxylation is 1. The molecule has 0 bridgehead atoms. The molecule has 0 saturated carbocycles. The van der Waals surface area contributed by atoms with E-state index in [0.29, 0.717) is 25.2 Å². The average Bonchev–Trinajstić information content (AvgIpc) is 3.72. The molecule has 3 aromatic rings. The molecule has 256 valence electrons. The molecule has 46 heavy (non-hydrogen) atoms. The zero-order valence-corrected chi connectivity index (χ0v) is 24.4. The number of pyridine rings is 1. The highest BCUT2D eigenvalue weighted by Crippen LogP contribution is 2.52. The summed E-state index contributed by atoms with van der Waals surface area (Å²) in [5.41, 5.74) is 1.22. The lowest BCUT2D eigenvalue weighted by Gasteiger charge is -2.29. The molecule has 0 amide bonds. The van der Waals surface area contributed by atoms with Gasteiger partial charge in [-0.1, -0.05) is 0 Å². The molecule has 21 heteroatoms. The highest BCUT2D eigenvalue weighted by atomic mass is 19.4. The van der Waals surface area contributed by atoms with Crippen LogP contribution in [0.5, 0.6) is 5.88 Å². The second-order valence-electron chi connectivity index (χ2n) is 9.28. The topological polar surface area (TPSA) is 157 Å². The van der Waals surface area contributed by atoms with Crippen molar-refractivity contribution >= 4 is 30.1 Å². The van der Waals surface area contributed by atoms with E-state index in [2.05, 4.69) is 26.1 Å². The molecule has 5 heterocycles. The molecule has 5 rings (SSSR count). The second kappa shape index (κ2) is 16.8. The fraction of sp³-hybridized carbons (Fsp3) is 0.480. The first-order valence-corrected chi connectivity index (χ1v) is 12.8. The summed E-state index contributed by atoms with van der Waals surface area (Å²) in [6, 6.07) is 3.50. The first-order chi connectivity index (χ1) is 21.5. The highest BCUT2D eigenvalue weighted by Gasteiger charge is 2.60. The molecule has 1 saturated heterocycles. The van der Waals surface area contributed by atoms with E-state index in [1.807, 2.05) is 6.79 Å². The Balaban J connectivity index is 0.000000772. The number of ether oxygens (including phenoxy) is 1. The Hall–Kier alpha value is -4.40. The van der Waals surface area contributed by atoms with Gasteiger partial charge in [-0.2, -0.15) is 31.4 Å². The summed E-state index contributed by atoms with van der Waals surface area (Å²) in [5, 5.41) is 7.96. The van der Waals surface area contributed by atoms with Gasteiger partial charge >= 0.3 is 12.4 Å². The van der Waals surface area contributed by atoms with E-state index in [1.165, 1.54) is 30.3 Å². The van der Waals surface area contributed by atoms with Crippen LogP contribution in [-0.4, -0.2) is 78.0 Å². The molecule has 2 atom stereocenters. The number of aromatic nitrogens is 4. The SMILES string of the molecule is C=O.CN.Cc1cc2ncc3c(n2n1)[C@](C)(C(F)(F)F)CN3c1cc(OC2CCNC2)nc(C(F)(F)F)c1.O=CC(F)F.O=NF. The summed E-state index contributed by atoms with van der Waals surface area (Å²) in [6.45, 7) is 5.06. The number of anilines is 2. The van der Waals surface area contributed by atoms with Gasteiger partial charge in [-0.05, 0) is 44.4 Å². The molecule has 1 fully saturated rings. The number of nitroso groups, excluding NO2 is 1. The molecule has 1 unspecified atom stereocenters. The summed E-state index contributed by atoms with van der Waals surface area (Å²) >= 11 is 0. The third-order valence-corrected chi connectivity index (χ3v) is 6.29. The first kappa shape index (κ1) is 39.6. The lowest BCUT2D eigenvalue weighted by Crippen LogP contribution is -2.43. The number of carbonyl (C=O) groups is 2. The van der Waals surface area contributed by atoms with E-state index in [4.69, 9.17) is 19.2 Å². The molecule has 3 aromatic heterocycles. The number of nitrogens with one attached hydrogen (secondary N) is 1. The standard InChI is InChI=1S/C21H20F6N6O.C2H2F2O.CH5N.CH2O.FNO/c1-11-5-16-29-9-14-18(33(16)31-11)19(2,21(25,26)27)10-32(14)12-6-15(20(22,23)24)30-17(7-12)34-13-3-4-28-8-13;3-2(4)1-5;2*1-2;1-2-3/h5-7,9,13,28H,3-4,8,10H2,1-2H3;1-2H;2H2,1H3;1H2;/t13?,19-;;;;/m1..../s1. The highest BCUT2D eigenvalue weighted by molar-refractivity contribution is 5.73. The third kappa shape index (κ3) is 9.31. The Morgan fingerprint density at radius 1 is 1.17 bits per heavy atom. The lowest BCUT2D eigenvalue weighted by atomic mass is 9.87. The number of hydrogen-bond donors (Lipinski definition) is 2. The van der Waals surface area contributed by atoms with Crippen molar-refractivity contribution in [2.24, 2.45) is 11.1 Å². The van der Waals surface area contributed by atoms with Crippen LogP contribution in [0.4, 0.5) is 51.0 Å². The van der Waals surface area contributed by atoms with Crippen LogP contribution >= 0.6 is 0 Å². The smallest absolute Gasteiger partial charge is 0.433 e. The fourth-order valence-corrected chi connectivity index (χ4v) is 4.44. The molecular weight excluding hydrogens is 647 g/mol. The van der Waals surface area contributed by atoms with Crippen molar-refractivity contribution in [2.45, 2.75) is 50.6 Å². The molecule has 2 aliphatic heterocycles. The number of rotatable bonds is 4. The van der Waals surface area contributed by atoms with Crippen LogP contribution in [0.15, 0.2) is 29.8 Å². The minimum Gasteiger partial charge on any atom is -0.473 e. The van der Waals surface area contributed by atoms with E-state index < -0.39 is 42.7 Å². The van der Waals surface area contributed by atoms with E-state index in [9.17, 15) is 39.6 Å². The van der Waals surface area contributed by atoms with Crippen LogP contribution in [0.25, 0.3) is 5.65 Å². The number of hydrogen-bond acceptors (Lipinski definition) is 11. The summed E-state index contributed by atoms with van der Waals surface area (Å²) < 4.78 is 121. The van der Waals surface area contributed by atoms with Crippen LogP contribution in [0, 0.1) is 11.8 Å². The monoisotopic (exact) mass is 676 g/mol.